The molecule has 3 fully saturated rings. The molecule has 4 rings (SSSR count). The summed E-state index contributed by atoms with van der Waals surface area (Å²) in [4.78, 5) is 13.0. The summed E-state index contributed by atoms with van der Waals surface area (Å²) in [5.41, 5.74) is 2.59. The van der Waals surface area contributed by atoms with Crippen molar-refractivity contribution < 1.29 is 28.8 Å². The van der Waals surface area contributed by atoms with E-state index in [0.717, 1.165) is 32.1 Å². The summed E-state index contributed by atoms with van der Waals surface area (Å²) >= 11 is 0. The number of fused-ring (bicyclic) bond motifs is 1. The molecule has 2 heterocycles. The average Bonchev–Trinajstić information content (AvgIpc) is 3.17. The summed E-state index contributed by atoms with van der Waals surface area (Å²) < 4.78 is 25.6. The van der Waals surface area contributed by atoms with Crippen LogP contribution in [0.4, 0.5) is 0 Å². The van der Waals surface area contributed by atoms with Crippen molar-refractivity contribution in [1.82, 2.24) is 0 Å². The van der Waals surface area contributed by atoms with Crippen molar-refractivity contribution in [3.63, 3.8) is 0 Å². The van der Waals surface area contributed by atoms with Crippen LogP contribution < -0.4 is 0 Å². The highest BCUT2D eigenvalue weighted by Gasteiger charge is 2.60. The normalized spacial score (nSPS) is 31.8. The summed E-state index contributed by atoms with van der Waals surface area (Å²) in [6.07, 6.45) is 5.15. The molecule has 1 aromatic rings. The van der Waals surface area contributed by atoms with Crippen LogP contribution in [0.3, 0.4) is 0 Å². The van der Waals surface area contributed by atoms with Gasteiger partial charge in [0.15, 0.2) is 11.9 Å². The van der Waals surface area contributed by atoms with E-state index < -0.39 is 56.5 Å². The summed E-state index contributed by atoms with van der Waals surface area (Å²) in [7, 11) is -1.51. The second-order valence-electron chi connectivity index (χ2n) is 10.8. The Bertz CT molecular complexity index is 873. The maximum Gasteiger partial charge on any atom is 0.338 e. The van der Waals surface area contributed by atoms with Gasteiger partial charge in [0.25, 0.3) is 0 Å². The van der Waals surface area contributed by atoms with Gasteiger partial charge in [-0.15, -0.1) is 6.58 Å². The molecule has 186 valence electrons. The Hall–Kier alpha value is -1.77. The fourth-order valence-corrected chi connectivity index (χ4v) is 5.87. The molecule has 1 aromatic carbocycles. The molecule has 1 N–H and O–H groups in total. The third kappa shape index (κ3) is 5.71. The van der Waals surface area contributed by atoms with Gasteiger partial charge in [0.05, 0.1) is 13.6 Å². The Balaban J connectivity index is 1.63. The van der Waals surface area contributed by atoms with Crippen molar-refractivity contribution in [2.45, 2.75) is 101 Å². The minimum atomic E-state index is -1.51. The number of esters is 1. The van der Waals surface area contributed by atoms with Gasteiger partial charge in [0, 0.05) is 12.8 Å². The lowest BCUT2D eigenvalue weighted by atomic mass is 9.90. The first kappa shape index (κ1) is 25.3. The number of hydrogen-bond acceptors (Lipinski definition) is 6. The van der Waals surface area contributed by atoms with E-state index in [0.29, 0.717) is 12.0 Å². The molecule has 1 saturated carbocycles. The van der Waals surface area contributed by atoms with Gasteiger partial charge in [-0.3, -0.25) is 0 Å². The van der Waals surface area contributed by atoms with Crippen molar-refractivity contribution in [2.75, 3.05) is 0 Å². The van der Waals surface area contributed by atoms with E-state index in [1.807, 2.05) is 12.1 Å². The van der Waals surface area contributed by atoms with Crippen molar-refractivity contribution in [1.29, 1.82) is 0 Å². The van der Waals surface area contributed by atoms with Gasteiger partial charge in [-0.05, 0) is 31.4 Å². The molecule has 4 unspecified atom stereocenters. The molecule has 0 amide bonds. The van der Waals surface area contributed by atoms with Crippen molar-refractivity contribution in [2.24, 2.45) is 0 Å². The number of benzene rings is 1. The highest BCUT2D eigenvalue weighted by Crippen LogP contribution is 2.46. The van der Waals surface area contributed by atoms with Gasteiger partial charge in [0.1, 0.15) is 30.5 Å². The van der Waals surface area contributed by atoms with Gasteiger partial charge in [-0.25, -0.2) is 4.79 Å². The maximum atomic E-state index is 13.0. The molecule has 0 bridgehead atoms. The number of hydrogen-bond donors (Lipinski definition) is 1. The van der Waals surface area contributed by atoms with E-state index in [4.69, 9.17) is 18.9 Å². The zero-order valence-corrected chi connectivity index (χ0v) is 21.5. The van der Waals surface area contributed by atoms with Gasteiger partial charge >= 0.3 is 5.97 Å². The number of rotatable bonds is 7. The third-order valence-corrected chi connectivity index (χ3v) is 7.96. The Morgan fingerprint density at radius 1 is 1.18 bits per heavy atom. The minimum absolute atomic E-state index is 0.423. The zero-order chi connectivity index (χ0) is 24.3. The largest absolute Gasteiger partial charge is 0.453 e. The lowest BCUT2D eigenvalue weighted by Gasteiger charge is -2.42. The second kappa shape index (κ2) is 10.5. The van der Waals surface area contributed by atoms with Crippen LogP contribution in [0, 0.1) is 0 Å². The predicted molar refractivity (Wildman–Crippen MR) is 133 cm³/mol. The molecule has 1 aliphatic carbocycles. The Kier molecular flexibility index (Phi) is 7.79. The topological polar surface area (TPSA) is 74.2 Å². The molecular weight excluding hydrogens is 448 g/mol. The molecule has 6 atom stereocenters. The first-order chi connectivity index (χ1) is 16.2. The van der Waals surface area contributed by atoms with E-state index in [9.17, 15) is 9.90 Å². The summed E-state index contributed by atoms with van der Waals surface area (Å²) in [6, 6.07) is 8.93. The second-order valence-corrected chi connectivity index (χ2v) is 15.8. The Labute approximate surface area is 203 Å². The van der Waals surface area contributed by atoms with Crippen LogP contribution in [0.5, 0.6) is 0 Å². The predicted octanol–water partition coefficient (Wildman–Crippen LogP) is 4.79. The molecule has 0 aromatic heterocycles. The SMILES string of the molecule is C=CCC1O[C@@H](C(O)/C=C/[Si](C)(C)C)[C@H]2OC3(CCCCC3)OC2C1OC(=O)c1ccccc1. The highest BCUT2D eigenvalue weighted by atomic mass is 28.3. The number of aliphatic hydroxyl groups excluding tert-OH is 1. The van der Waals surface area contributed by atoms with Crippen LogP contribution in [0.2, 0.25) is 19.6 Å². The van der Waals surface area contributed by atoms with Gasteiger partial charge in [-0.1, -0.05) is 62.1 Å². The Morgan fingerprint density at radius 2 is 1.85 bits per heavy atom. The van der Waals surface area contributed by atoms with E-state index in [1.54, 1.807) is 30.3 Å². The third-order valence-electron chi connectivity index (χ3n) is 6.77. The lowest BCUT2D eigenvalue weighted by molar-refractivity contribution is -0.207. The first-order valence-corrected chi connectivity index (χ1v) is 16.0. The minimum Gasteiger partial charge on any atom is -0.453 e. The summed E-state index contributed by atoms with van der Waals surface area (Å²) in [6.45, 7) is 10.5. The van der Waals surface area contributed by atoms with Crippen LogP contribution in [-0.2, 0) is 18.9 Å². The highest BCUT2D eigenvalue weighted by molar-refractivity contribution is 6.80. The number of aliphatic hydroxyl groups is 1. The van der Waals surface area contributed by atoms with Crippen LogP contribution in [-0.4, -0.2) is 61.6 Å². The van der Waals surface area contributed by atoms with E-state index >= 15 is 0 Å². The molecule has 34 heavy (non-hydrogen) atoms. The molecule has 6 nitrogen and oxygen atoms in total. The standard InChI is InChI=1S/C27H38O6Si/c1-5-12-21-23(31-26(29)19-13-8-6-9-14-19)25-24(32-27(33-25)16-10-7-11-17-27)22(30-21)20(28)15-18-34(2,3)4/h5-6,8-9,13-15,18,20-25,28H,1,7,10-12,16-17H2,2-4H3/b18-15+/t20?,21?,22-,23?,24+,25?/m0/s1. The smallest absolute Gasteiger partial charge is 0.338 e. The van der Waals surface area contributed by atoms with Crippen LogP contribution >= 0.6 is 0 Å². The monoisotopic (exact) mass is 486 g/mol. The molecule has 7 heteroatoms. The lowest BCUT2D eigenvalue weighted by Crippen LogP contribution is -2.60. The van der Waals surface area contributed by atoms with E-state index in [2.05, 4.69) is 31.9 Å². The number of ether oxygens (including phenoxy) is 4. The first-order valence-electron chi connectivity index (χ1n) is 12.5. The van der Waals surface area contributed by atoms with Gasteiger partial charge in [-0.2, -0.15) is 0 Å². The van der Waals surface area contributed by atoms with Crippen LogP contribution in [0.25, 0.3) is 0 Å². The molecule has 3 aliphatic rings. The van der Waals surface area contributed by atoms with Gasteiger partial charge in [0.2, 0.25) is 0 Å². The van der Waals surface area contributed by atoms with Crippen LogP contribution in [0.1, 0.15) is 48.9 Å². The van der Waals surface area contributed by atoms with E-state index in [1.165, 1.54) is 0 Å². The van der Waals surface area contributed by atoms with Crippen molar-refractivity contribution in [3.05, 3.63) is 60.3 Å². The summed E-state index contributed by atoms with van der Waals surface area (Å²) in [5.74, 6) is -1.13. The molecule has 0 radical (unpaired) electrons. The van der Waals surface area contributed by atoms with E-state index in [-0.39, 0.29) is 0 Å². The Morgan fingerprint density at radius 3 is 2.50 bits per heavy atom. The average molecular weight is 487 g/mol. The molecule has 1 spiro atoms. The summed E-state index contributed by atoms with van der Waals surface area (Å²) in [5, 5.41) is 11.1. The fraction of sp³-hybridized carbons (Fsp3) is 0.593. The van der Waals surface area contributed by atoms with Gasteiger partial charge < -0.3 is 24.1 Å². The maximum absolute atomic E-state index is 13.0. The molecule has 2 aliphatic heterocycles. The van der Waals surface area contributed by atoms with Crippen molar-refractivity contribution >= 4 is 14.0 Å². The quantitative estimate of drug-likeness (QED) is 0.339. The zero-order valence-electron chi connectivity index (χ0n) is 20.5. The fourth-order valence-electron chi connectivity index (χ4n) is 5.09. The molecular formula is C27H38O6Si. The number of carbonyl (C=O) groups is 1. The van der Waals surface area contributed by atoms with Crippen molar-refractivity contribution in [3.8, 4) is 0 Å². The molecule has 2 saturated heterocycles. The number of carbonyl (C=O) groups excluding carboxylic acids is 1. The van der Waals surface area contributed by atoms with Crippen LogP contribution in [0.15, 0.2) is 54.8 Å².